The maximum atomic E-state index is 10.3. The lowest BCUT2D eigenvalue weighted by Gasteiger charge is -2.03. The van der Waals surface area contributed by atoms with Gasteiger partial charge in [0.2, 0.25) is 0 Å². The van der Waals surface area contributed by atoms with Crippen LogP contribution in [0.25, 0.3) is 0 Å². The van der Waals surface area contributed by atoms with E-state index in [1.54, 1.807) is 0 Å². The predicted octanol–water partition coefficient (Wildman–Crippen LogP) is 11.6. The largest absolute Gasteiger partial charge is 0.481 e. The molecule has 7 heteroatoms. The summed E-state index contributed by atoms with van der Waals surface area (Å²) in [5.74, 6) is -1.31. The first kappa shape index (κ1) is 52.6. The number of carbonyl (C=O) groups is 2. The van der Waals surface area contributed by atoms with Crippen LogP contribution in [0.3, 0.4) is 0 Å². The van der Waals surface area contributed by atoms with Crippen LogP contribution in [-0.2, 0) is 9.59 Å². The van der Waals surface area contributed by atoms with Gasteiger partial charge in [0, 0.05) is 12.8 Å². The third kappa shape index (κ3) is 60.6. The summed E-state index contributed by atoms with van der Waals surface area (Å²) in [6.07, 6.45) is 39.4. The molecule has 0 amide bonds. The summed E-state index contributed by atoms with van der Waals surface area (Å²) in [7, 11) is 0. The summed E-state index contributed by atoms with van der Waals surface area (Å²) in [5.41, 5.74) is 0. The normalized spacial score (nSPS) is 10.5. The molecule has 0 aromatic rings. The topological polar surface area (TPSA) is 135 Å². The Morgan fingerprint density at radius 3 is 0.681 bits per heavy atom. The van der Waals surface area contributed by atoms with Crippen molar-refractivity contribution in [3.8, 4) is 0 Å². The molecule has 286 valence electrons. The molecule has 7 nitrogen and oxygen atoms in total. The molecule has 0 radical (unpaired) electrons. The Morgan fingerprint density at radius 1 is 0.383 bits per heavy atom. The summed E-state index contributed by atoms with van der Waals surface area (Å²) >= 11 is 0. The van der Waals surface area contributed by atoms with Crippen molar-refractivity contribution in [1.29, 1.82) is 0 Å². The molecule has 0 saturated carbocycles. The SMILES string of the molecule is C.CCCCCCCCCCCCCCCCCC(=O)O.CCCCCCCCCCCCCCCCCC(=O)O.OCC(O)CO. The van der Waals surface area contributed by atoms with E-state index in [0.29, 0.717) is 12.8 Å². The number of aliphatic hydroxyl groups is 3. The van der Waals surface area contributed by atoms with Gasteiger partial charge in [-0.25, -0.2) is 0 Å². The van der Waals surface area contributed by atoms with Gasteiger partial charge in [-0.05, 0) is 12.8 Å². The van der Waals surface area contributed by atoms with Gasteiger partial charge in [-0.15, -0.1) is 0 Å². The van der Waals surface area contributed by atoms with Gasteiger partial charge in [-0.1, -0.05) is 201 Å². The van der Waals surface area contributed by atoms with Crippen molar-refractivity contribution in [2.75, 3.05) is 13.2 Å². The molecule has 0 heterocycles. The van der Waals surface area contributed by atoms with Crippen molar-refractivity contribution in [2.24, 2.45) is 0 Å². The van der Waals surface area contributed by atoms with E-state index in [9.17, 15) is 9.59 Å². The fourth-order valence-electron chi connectivity index (χ4n) is 5.35. The van der Waals surface area contributed by atoms with E-state index in [2.05, 4.69) is 13.8 Å². The molecule has 5 N–H and O–H groups in total. The molecular formula is C40H84O7. The quantitative estimate of drug-likeness (QED) is 0.0428. The van der Waals surface area contributed by atoms with Gasteiger partial charge in [-0.2, -0.15) is 0 Å². The monoisotopic (exact) mass is 677 g/mol. The van der Waals surface area contributed by atoms with E-state index in [0.717, 1.165) is 25.7 Å². The number of hydrogen-bond donors (Lipinski definition) is 5. The summed E-state index contributed by atoms with van der Waals surface area (Å²) in [6, 6.07) is 0. The maximum Gasteiger partial charge on any atom is 0.303 e. The molecule has 0 aromatic carbocycles. The lowest BCUT2D eigenvalue weighted by atomic mass is 10.0. The summed E-state index contributed by atoms with van der Waals surface area (Å²) in [6.45, 7) is 3.81. The highest BCUT2D eigenvalue weighted by atomic mass is 16.4. The van der Waals surface area contributed by atoms with Crippen LogP contribution in [0.4, 0.5) is 0 Å². The fourth-order valence-corrected chi connectivity index (χ4v) is 5.35. The second-order valence-corrected chi connectivity index (χ2v) is 13.2. The average molecular weight is 677 g/mol. The van der Waals surface area contributed by atoms with E-state index in [1.807, 2.05) is 0 Å². The lowest BCUT2D eigenvalue weighted by Crippen LogP contribution is -2.15. The third-order valence-corrected chi connectivity index (χ3v) is 8.41. The summed E-state index contributed by atoms with van der Waals surface area (Å²) in [4.78, 5) is 20.7. The smallest absolute Gasteiger partial charge is 0.303 e. The number of aliphatic hydroxyl groups excluding tert-OH is 3. The van der Waals surface area contributed by atoms with Crippen LogP contribution >= 0.6 is 0 Å². The second kappa shape index (κ2) is 49.2. The fraction of sp³-hybridized carbons (Fsp3) is 0.950. The van der Waals surface area contributed by atoms with Gasteiger partial charge >= 0.3 is 11.9 Å². The van der Waals surface area contributed by atoms with Crippen LogP contribution in [0.15, 0.2) is 0 Å². The van der Waals surface area contributed by atoms with E-state index < -0.39 is 18.0 Å². The standard InChI is InChI=1S/2C18H36O2.C3H8O3.CH4/c2*1-2-3-4-5-6-7-8-9-10-11-12-13-14-15-16-17-18(19)20;4-1-3(6)2-5;/h2*2-17H2,1H3,(H,19,20);3-6H,1-2H2;1H4. The van der Waals surface area contributed by atoms with Crippen molar-refractivity contribution in [2.45, 2.75) is 233 Å². The van der Waals surface area contributed by atoms with Gasteiger partial charge in [0.25, 0.3) is 0 Å². The van der Waals surface area contributed by atoms with Gasteiger partial charge in [0.05, 0.1) is 13.2 Å². The molecule has 0 unspecified atom stereocenters. The highest BCUT2D eigenvalue weighted by Gasteiger charge is 1.99. The van der Waals surface area contributed by atoms with Crippen LogP contribution in [-0.4, -0.2) is 56.8 Å². The predicted molar refractivity (Wildman–Crippen MR) is 201 cm³/mol. The zero-order valence-corrected chi connectivity index (χ0v) is 30.7. The van der Waals surface area contributed by atoms with Crippen molar-refractivity contribution in [3.05, 3.63) is 0 Å². The van der Waals surface area contributed by atoms with Gasteiger partial charge in [0.15, 0.2) is 0 Å². The molecule has 0 aliphatic rings. The number of rotatable bonds is 34. The van der Waals surface area contributed by atoms with E-state index in [1.165, 1.54) is 167 Å². The minimum absolute atomic E-state index is 0. The minimum Gasteiger partial charge on any atom is -0.481 e. The van der Waals surface area contributed by atoms with Crippen LogP contribution in [0.1, 0.15) is 227 Å². The first-order valence-electron chi connectivity index (χ1n) is 19.7. The number of unbranched alkanes of at least 4 members (excludes halogenated alkanes) is 28. The van der Waals surface area contributed by atoms with Gasteiger partial charge < -0.3 is 25.5 Å². The molecule has 0 saturated heterocycles. The highest BCUT2D eigenvalue weighted by Crippen LogP contribution is 2.15. The Labute approximate surface area is 292 Å². The molecule has 0 atom stereocenters. The van der Waals surface area contributed by atoms with Crippen LogP contribution in [0, 0.1) is 0 Å². The average Bonchev–Trinajstić information content (AvgIpc) is 3.04. The number of hydrogen-bond acceptors (Lipinski definition) is 5. The number of aliphatic carboxylic acids is 2. The highest BCUT2D eigenvalue weighted by molar-refractivity contribution is 5.66. The molecule has 0 fully saturated rings. The molecule has 0 rings (SSSR count). The van der Waals surface area contributed by atoms with Crippen molar-refractivity contribution in [3.63, 3.8) is 0 Å². The van der Waals surface area contributed by atoms with Gasteiger partial charge in [-0.3, -0.25) is 9.59 Å². The Kier molecular flexibility index (Phi) is 55.1. The number of carboxylic acids is 2. The Bertz CT molecular complexity index is 523. The van der Waals surface area contributed by atoms with Crippen molar-refractivity contribution in [1.82, 2.24) is 0 Å². The molecule has 0 aliphatic heterocycles. The second-order valence-electron chi connectivity index (χ2n) is 13.2. The van der Waals surface area contributed by atoms with E-state index in [-0.39, 0.29) is 20.6 Å². The first-order chi connectivity index (χ1) is 22.3. The number of carboxylic acid groups (broad SMARTS) is 2. The van der Waals surface area contributed by atoms with Crippen LogP contribution in [0.2, 0.25) is 0 Å². The zero-order valence-electron chi connectivity index (χ0n) is 30.7. The lowest BCUT2D eigenvalue weighted by molar-refractivity contribution is -0.138. The Balaban J connectivity index is -0.000000329. The summed E-state index contributed by atoms with van der Waals surface area (Å²) in [5, 5.41) is 41.1. The van der Waals surface area contributed by atoms with E-state index >= 15 is 0 Å². The van der Waals surface area contributed by atoms with Gasteiger partial charge in [0.1, 0.15) is 6.10 Å². The maximum absolute atomic E-state index is 10.3. The molecule has 0 aromatic heterocycles. The Hall–Kier alpha value is -1.18. The zero-order chi connectivity index (χ0) is 34.8. The summed E-state index contributed by atoms with van der Waals surface area (Å²) < 4.78 is 0. The molecule has 47 heavy (non-hydrogen) atoms. The Morgan fingerprint density at radius 2 is 0.553 bits per heavy atom. The van der Waals surface area contributed by atoms with Crippen molar-refractivity contribution < 1.29 is 35.1 Å². The molecule has 0 bridgehead atoms. The van der Waals surface area contributed by atoms with Crippen LogP contribution in [0.5, 0.6) is 0 Å². The molecule has 0 aliphatic carbocycles. The third-order valence-electron chi connectivity index (χ3n) is 8.41. The molecular weight excluding hydrogens is 592 g/mol. The first-order valence-corrected chi connectivity index (χ1v) is 19.7. The van der Waals surface area contributed by atoms with E-state index in [4.69, 9.17) is 25.5 Å². The van der Waals surface area contributed by atoms with Crippen molar-refractivity contribution >= 4 is 11.9 Å². The van der Waals surface area contributed by atoms with Crippen LogP contribution < -0.4 is 0 Å². The molecule has 0 spiro atoms. The minimum atomic E-state index is -0.954.